The second-order valence-electron chi connectivity index (χ2n) is 10.6. The van der Waals surface area contributed by atoms with E-state index in [-0.39, 0.29) is 11.6 Å². The first-order valence-corrected chi connectivity index (χ1v) is 16.1. The van der Waals surface area contributed by atoms with Crippen molar-refractivity contribution in [2.75, 3.05) is 16.4 Å². The van der Waals surface area contributed by atoms with Gasteiger partial charge in [-0.05, 0) is 60.0 Å². The van der Waals surface area contributed by atoms with Gasteiger partial charge in [-0.2, -0.15) is 0 Å². The molecule has 1 aromatic heterocycles. The third-order valence-electron chi connectivity index (χ3n) is 7.27. The summed E-state index contributed by atoms with van der Waals surface area (Å²) in [5, 5.41) is 10.7. The SMILES string of the molecule is O=C(CCSc1ccc(NC(=O)/C(=C\c2ccc(-c3ccccc3)o2)NC(=O)c2ccccc2)cc1)Nc1cccc2ccccc12. The lowest BCUT2D eigenvalue weighted by Gasteiger charge is -2.11. The van der Waals surface area contributed by atoms with Crippen molar-refractivity contribution in [1.82, 2.24) is 5.32 Å². The van der Waals surface area contributed by atoms with Gasteiger partial charge in [0.1, 0.15) is 17.2 Å². The zero-order valence-corrected chi connectivity index (χ0v) is 26.1. The molecule has 0 unspecified atom stereocenters. The van der Waals surface area contributed by atoms with Gasteiger partial charge in [0.2, 0.25) is 5.91 Å². The number of amides is 3. The lowest BCUT2D eigenvalue weighted by Crippen LogP contribution is -2.30. The van der Waals surface area contributed by atoms with Crippen LogP contribution in [0.2, 0.25) is 0 Å². The Balaban J connectivity index is 1.08. The predicted molar refractivity (Wildman–Crippen MR) is 189 cm³/mol. The zero-order valence-electron chi connectivity index (χ0n) is 25.3. The Morgan fingerprint density at radius 2 is 1.38 bits per heavy atom. The molecule has 0 aliphatic rings. The normalized spacial score (nSPS) is 11.2. The van der Waals surface area contributed by atoms with Gasteiger partial charge in [-0.1, -0.05) is 84.9 Å². The molecule has 3 N–H and O–H groups in total. The molecule has 47 heavy (non-hydrogen) atoms. The highest BCUT2D eigenvalue weighted by atomic mass is 32.2. The first-order chi connectivity index (χ1) is 23.0. The topological polar surface area (TPSA) is 100 Å². The van der Waals surface area contributed by atoms with Crippen LogP contribution in [0.15, 0.2) is 155 Å². The van der Waals surface area contributed by atoms with Crippen LogP contribution in [-0.2, 0) is 9.59 Å². The lowest BCUT2D eigenvalue weighted by atomic mass is 10.1. The van der Waals surface area contributed by atoms with Gasteiger partial charge in [-0.3, -0.25) is 14.4 Å². The van der Waals surface area contributed by atoms with Crippen LogP contribution in [0.5, 0.6) is 0 Å². The summed E-state index contributed by atoms with van der Waals surface area (Å²) in [6, 6.07) is 43.0. The maximum absolute atomic E-state index is 13.4. The standard InChI is InChI=1S/C39H31N3O4S/c43-37(41-34-17-9-15-27-10-7-8-16-33(27)34)24-25-47-32-21-18-30(19-22-32)40-39(45)35(42-38(44)29-13-5-2-6-14-29)26-31-20-23-36(46-31)28-11-3-1-4-12-28/h1-23,26H,24-25H2,(H,40,45)(H,41,43)(H,42,44)/b35-26+. The second-order valence-corrected chi connectivity index (χ2v) is 11.8. The molecule has 8 heteroatoms. The van der Waals surface area contributed by atoms with E-state index >= 15 is 0 Å². The zero-order chi connectivity index (χ0) is 32.4. The predicted octanol–water partition coefficient (Wildman–Crippen LogP) is 8.63. The molecule has 5 aromatic carbocycles. The van der Waals surface area contributed by atoms with Gasteiger partial charge in [0.25, 0.3) is 11.8 Å². The molecule has 0 saturated heterocycles. The summed E-state index contributed by atoms with van der Waals surface area (Å²) in [5.41, 5.74) is 2.70. The van der Waals surface area contributed by atoms with Crippen LogP contribution in [0.3, 0.4) is 0 Å². The summed E-state index contributed by atoms with van der Waals surface area (Å²) >= 11 is 1.55. The van der Waals surface area contributed by atoms with Gasteiger partial charge in [0.15, 0.2) is 0 Å². The van der Waals surface area contributed by atoms with Crippen molar-refractivity contribution in [3.63, 3.8) is 0 Å². The van der Waals surface area contributed by atoms with E-state index in [2.05, 4.69) is 16.0 Å². The van der Waals surface area contributed by atoms with Crippen molar-refractivity contribution >= 4 is 57.7 Å². The molecule has 6 aromatic rings. The molecular weight excluding hydrogens is 607 g/mol. The summed E-state index contributed by atoms with van der Waals surface area (Å²) < 4.78 is 5.97. The summed E-state index contributed by atoms with van der Waals surface area (Å²) in [4.78, 5) is 40.0. The molecule has 0 fully saturated rings. The Labute approximate surface area is 276 Å². The van der Waals surface area contributed by atoms with E-state index in [0.717, 1.165) is 26.9 Å². The fourth-order valence-corrected chi connectivity index (χ4v) is 5.77. The van der Waals surface area contributed by atoms with E-state index in [1.165, 1.54) is 6.08 Å². The average Bonchev–Trinajstić information content (AvgIpc) is 3.58. The molecule has 0 atom stereocenters. The van der Waals surface area contributed by atoms with Gasteiger partial charge in [-0.15, -0.1) is 11.8 Å². The van der Waals surface area contributed by atoms with Crippen LogP contribution in [0.1, 0.15) is 22.5 Å². The van der Waals surface area contributed by atoms with Crippen molar-refractivity contribution in [2.24, 2.45) is 0 Å². The number of nitrogens with one attached hydrogen (secondary N) is 3. The van der Waals surface area contributed by atoms with Gasteiger partial charge in [0, 0.05) is 51.0 Å². The van der Waals surface area contributed by atoms with E-state index in [1.54, 1.807) is 54.2 Å². The van der Waals surface area contributed by atoms with Crippen LogP contribution in [-0.4, -0.2) is 23.5 Å². The van der Waals surface area contributed by atoms with Gasteiger partial charge in [-0.25, -0.2) is 0 Å². The third-order valence-corrected chi connectivity index (χ3v) is 8.29. The quantitative estimate of drug-likeness (QED) is 0.0976. The molecular formula is C39H31N3O4S. The fourth-order valence-electron chi connectivity index (χ4n) is 4.91. The van der Waals surface area contributed by atoms with E-state index < -0.39 is 11.8 Å². The van der Waals surface area contributed by atoms with Crippen molar-refractivity contribution < 1.29 is 18.8 Å². The maximum atomic E-state index is 13.4. The van der Waals surface area contributed by atoms with Gasteiger partial charge >= 0.3 is 0 Å². The summed E-state index contributed by atoms with van der Waals surface area (Å²) in [7, 11) is 0. The molecule has 7 nitrogen and oxygen atoms in total. The fraction of sp³-hybridized carbons (Fsp3) is 0.0513. The Morgan fingerprint density at radius 1 is 0.681 bits per heavy atom. The van der Waals surface area contributed by atoms with Crippen molar-refractivity contribution in [2.45, 2.75) is 11.3 Å². The molecule has 0 saturated carbocycles. The molecule has 0 spiro atoms. The molecule has 0 radical (unpaired) electrons. The minimum Gasteiger partial charge on any atom is -0.457 e. The molecule has 6 rings (SSSR count). The van der Waals surface area contributed by atoms with Crippen molar-refractivity contribution in [3.05, 3.63) is 157 Å². The van der Waals surface area contributed by atoms with Crippen LogP contribution < -0.4 is 16.0 Å². The van der Waals surface area contributed by atoms with E-state index in [1.807, 2.05) is 97.1 Å². The van der Waals surface area contributed by atoms with Crippen molar-refractivity contribution in [3.8, 4) is 11.3 Å². The van der Waals surface area contributed by atoms with Crippen molar-refractivity contribution in [1.29, 1.82) is 0 Å². The minimum absolute atomic E-state index is 0.0310. The first kappa shape index (κ1) is 31.1. The van der Waals surface area contributed by atoms with Crippen LogP contribution >= 0.6 is 11.8 Å². The Kier molecular flexibility index (Phi) is 9.90. The maximum Gasteiger partial charge on any atom is 0.272 e. The molecule has 0 aliphatic carbocycles. The minimum atomic E-state index is -0.502. The molecule has 3 amide bonds. The van der Waals surface area contributed by atoms with E-state index in [4.69, 9.17) is 4.42 Å². The van der Waals surface area contributed by atoms with Gasteiger partial charge < -0.3 is 20.4 Å². The number of carbonyl (C=O) groups is 3. The first-order valence-electron chi connectivity index (χ1n) is 15.1. The molecule has 0 bridgehead atoms. The number of hydrogen-bond acceptors (Lipinski definition) is 5. The number of fused-ring (bicyclic) bond motifs is 1. The van der Waals surface area contributed by atoms with Crippen LogP contribution in [0.25, 0.3) is 28.2 Å². The molecule has 0 aliphatic heterocycles. The summed E-state index contributed by atoms with van der Waals surface area (Å²) in [6.45, 7) is 0. The number of anilines is 2. The average molecular weight is 638 g/mol. The number of thioether (sulfide) groups is 1. The monoisotopic (exact) mass is 637 g/mol. The number of furan rings is 1. The number of carbonyl (C=O) groups excluding carboxylic acids is 3. The van der Waals surface area contributed by atoms with Gasteiger partial charge in [0.05, 0.1) is 0 Å². The Hall–Kier alpha value is -5.86. The highest BCUT2D eigenvalue weighted by Crippen LogP contribution is 2.26. The Morgan fingerprint density at radius 3 is 2.17 bits per heavy atom. The largest absolute Gasteiger partial charge is 0.457 e. The molecule has 1 heterocycles. The highest BCUT2D eigenvalue weighted by Gasteiger charge is 2.16. The van der Waals surface area contributed by atoms with E-state index in [0.29, 0.717) is 34.9 Å². The smallest absolute Gasteiger partial charge is 0.272 e. The highest BCUT2D eigenvalue weighted by molar-refractivity contribution is 7.99. The van der Waals surface area contributed by atoms with Crippen LogP contribution in [0, 0.1) is 0 Å². The molecule has 232 valence electrons. The second kappa shape index (κ2) is 14.9. The summed E-state index contributed by atoms with van der Waals surface area (Å²) in [6.07, 6.45) is 1.86. The number of hydrogen-bond donors (Lipinski definition) is 3. The van der Waals surface area contributed by atoms with E-state index in [9.17, 15) is 14.4 Å². The number of rotatable bonds is 11. The third kappa shape index (κ3) is 8.25. The number of benzene rings is 5. The summed E-state index contributed by atoms with van der Waals surface area (Å²) in [5.74, 6) is 0.677. The lowest BCUT2D eigenvalue weighted by molar-refractivity contribution is -0.116. The van der Waals surface area contributed by atoms with Crippen LogP contribution in [0.4, 0.5) is 11.4 Å². The Bertz CT molecular complexity index is 2030.